The van der Waals surface area contributed by atoms with Crippen LogP contribution in [0.5, 0.6) is 11.5 Å². The molecule has 0 aromatic heterocycles. The van der Waals surface area contributed by atoms with E-state index in [0.29, 0.717) is 22.1 Å². The smallest absolute Gasteiger partial charge is 0.416 e. The van der Waals surface area contributed by atoms with Crippen molar-refractivity contribution in [1.29, 1.82) is 0 Å². The van der Waals surface area contributed by atoms with Crippen molar-refractivity contribution in [2.45, 2.75) is 16.8 Å². The molecule has 0 radical (unpaired) electrons. The summed E-state index contributed by atoms with van der Waals surface area (Å²) in [4.78, 5) is 0. The van der Waals surface area contributed by atoms with E-state index in [1.807, 2.05) is 19.1 Å². The maximum absolute atomic E-state index is 6.09. The van der Waals surface area contributed by atoms with Crippen molar-refractivity contribution in [3.63, 3.8) is 0 Å². The van der Waals surface area contributed by atoms with Gasteiger partial charge < -0.3 is 9.05 Å². The summed E-state index contributed by atoms with van der Waals surface area (Å²) in [6.07, 6.45) is -0.899. The predicted molar refractivity (Wildman–Crippen MR) is 102 cm³/mol. The molecule has 0 bridgehead atoms. The first-order valence-corrected chi connectivity index (χ1v) is 10.8. The molecule has 1 heterocycles. The Morgan fingerprint density at radius 2 is 1.79 bits per heavy atom. The highest BCUT2D eigenvalue weighted by molar-refractivity contribution is 8.08. The predicted octanol–water partition coefficient (Wildman–Crippen LogP) is 6.77. The molecule has 0 spiro atoms. The van der Waals surface area contributed by atoms with E-state index in [4.69, 9.17) is 71.8 Å². The van der Waals surface area contributed by atoms with Crippen LogP contribution in [0.15, 0.2) is 42.5 Å². The highest BCUT2D eigenvalue weighted by Gasteiger charge is 2.46. The first kappa shape index (κ1) is 18.6. The lowest BCUT2D eigenvalue weighted by molar-refractivity contribution is 0.160. The highest BCUT2D eigenvalue weighted by Crippen LogP contribution is 2.62. The summed E-state index contributed by atoms with van der Waals surface area (Å²) >= 11 is 29.6. The Balaban J connectivity index is 1.98. The number of benzene rings is 2. The Hall–Kier alpha value is -0.190. The molecule has 2 aromatic carbocycles. The van der Waals surface area contributed by atoms with Gasteiger partial charge in [-0.1, -0.05) is 58.0 Å². The molecule has 0 amide bonds. The van der Waals surface area contributed by atoms with Crippen LogP contribution < -0.4 is 9.05 Å². The molecule has 1 aliphatic rings. The van der Waals surface area contributed by atoms with Crippen molar-refractivity contribution in [3.8, 4) is 11.5 Å². The fraction of sp³-hybridized carbons (Fsp3) is 0.200. The normalized spacial score (nSPS) is 23.3. The van der Waals surface area contributed by atoms with Gasteiger partial charge in [0.1, 0.15) is 17.6 Å². The Kier molecular flexibility index (Phi) is 5.30. The van der Waals surface area contributed by atoms with Crippen LogP contribution in [0.2, 0.25) is 5.02 Å². The van der Waals surface area contributed by atoms with Crippen LogP contribution in [-0.4, -0.2) is 3.79 Å². The van der Waals surface area contributed by atoms with Gasteiger partial charge in [-0.3, -0.25) is 4.52 Å². The van der Waals surface area contributed by atoms with E-state index in [2.05, 4.69) is 0 Å². The maximum Gasteiger partial charge on any atom is 0.435 e. The zero-order chi connectivity index (χ0) is 17.5. The minimum Gasteiger partial charge on any atom is -0.416 e. The molecular weight excluding hydrogens is 433 g/mol. The Morgan fingerprint density at radius 3 is 2.42 bits per heavy atom. The zero-order valence-corrected chi connectivity index (χ0v) is 16.9. The lowest BCUT2D eigenvalue weighted by Gasteiger charge is -2.36. The summed E-state index contributed by atoms with van der Waals surface area (Å²) < 4.78 is 15.6. The largest absolute Gasteiger partial charge is 0.435 e. The third-order valence-corrected chi connectivity index (χ3v) is 6.10. The van der Waals surface area contributed by atoms with Gasteiger partial charge in [-0.15, -0.1) is 0 Å². The fourth-order valence-corrected chi connectivity index (χ4v) is 5.18. The Morgan fingerprint density at radius 1 is 1.12 bits per heavy atom. The lowest BCUT2D eigenvalue weighted by Crippen LogP contribution is -2.26. The molecule has 2 aromatic rings. The minimum absolute atomic E-state index is 0.460. The van der Waals surface area contributed by atoms with E-state index in [1.54, 1.807) is 30.3 Å². The van der Waals surface area contributed by atoms with Crippen LogP contribution in [0.3, 0.4) is 0 Å². The molecule has 0 N–H and O–H groups in total. The van der Waals surface area contributed by atoms with Crippen LogP contribution in [0.4, 0.5) is 0 Å². The van der Waals surface area contributed by atoms with E-state index in [-0.39, 0.29) is 0 Å². The van der Waals surface area contributed by atoms with Gasteiger partial charge in [0, 0.05) is 22.4 Å². The molecular formula is C15H11Cl4O3PS. The fourth-order valence-electron chi connectivity index (χ4n) is 2.18. The summed E-state index contributed by atoms with van der Waals surface area (Å²) in [6, 6.07) is 12.2. The third-order valence-electron chi connectivity index (χ3n) is 3.22. The topological polar surface area (TPSA) is 27.7 Å². The summed E-state index contributed by atoms with van der Waals surface area (Å²) in [5.74, 6) is 0.946. The second kappa shape index (κ2) is 6.85. The molecule has 2 unspecified atom stereocenters. The molecule has 0 fully saturated rings. The minimum atomic E-state index is -3.21. The maximum atomic E-state index is 6.09. The quantitative estimate of drug-likeness (QED) is 0.378. The number of aryl methyl sites for hydroxylation is 1. The van der Waals surface area contributed by atoms with Gasteiger partial charge in [0.15, 0.2) is 0 Å². The van der Waals surface area contributed by atoms with Crippen molar-refractivity contribution < 1.29 is 13.6 Å². The third kappa shape index (κ3) is 4.13. The molecule has 3 rings (SSSR count). The van der Waals surface area contributed by atoms with Crippen LogP contribution in [-0.2, 0) is 16.3 Å². The lowest BCUT2D eigenvalue weighted by atomic mass is 10.1. The Labute approximate surface area is 165 Å². The van der Waals surface area contributed by atoms with Crippen LogP contribution >= 0.6 is 53.1 Å². The number of halogens is 4. The molecule has 0 saturated heterocycles. The molecule has 2 atom stereocenters. The van der Waals surface area contributed by atoms with Crippen molar-refractivity contribution in [2.75, 3.05) is 0 Å². The number of fused-ring (bicyclic) bond motifs is 1. The summed E-state index contributed by atoms with van der Waals surface area (Å²) in [5, 5.41) is 0.574. The van der Waals surface area contributed by atoms with Gasteiger partial charge in [0.25, 0.3) is 0 Å². The zero-order valence-electron chi connectivity index (χ0n) is 12.2. The van der Waals surface area contributed by atoms with E-state index in [0.717, 1.165) is 5.56 Å². The molecule has 0 saturated carbocycles. The van der Waals surface area contributed by atoms with E-state index in [1.165, 1.54) is 0 Å². The molecule has 1 aliphatic heterocycles. The van der Waals surface area contributed by atoms with E-state index < -0.39 is 16.6 Å². The highest BCUT2D eigenvalue weighted by atomic mass is 35.6. The van der Waals surface area contributed by atoms with E-state index >= 15 is 0 Å². The van der Waals surface area contributed by atoms with Gasteiger partial charge in [0.05, 0.1) is 0 Å². The first-order chi connectivity index (χ1) is 11.2. The van der Waals surface area contributed by atoms with Gasteiger partial charge in [-0.2, -0.15) is 0 Å². The van der Waals surface area contributed by atoms with Crippen LogP contribution in [0, 0.1) is 6.92 Å². The molecule has 24 heavy (non-hydrogen) atoms. The average molecular weight is 444 g/mol. The molecule has 128 valence electrons. The van der Waals surface area contributed by atoms with Crippen molar-refractivity contribution in [3.05, 3.63) is 58.6 Å². The van der Waals surface area contributed by atoms with Gasteiger partial charge in [0.2, 0.25) is 3.79 Å². The second-order valence-electron chi connectivity index (χ2n) is 5.15. The monoisotopic (exact) mass is 442 g/mol. The standard InChI is InChI=1S/C15H11Cl4O3PS/c1-9-2-7-13-12(8-9)14(15(17,18)19)22-23(24,21-13)20-11-5-3-10(16)4-6-11/h2-8,14H,1H3. The van der Waals surface area contributed by atoms with Gasteiger partial charge in [-0.05, 0) is 43.3 Å². The van der Waals surface area contributed by atoms with Gasteiger partial charge in [-0.25, -0.2) is 0 Å². The van der Waals surface area contributed by atoms with Crippen LogP contribution in [0.25, 0.3) is 0 Å². The molecule has 9 heteroatoms. The summed E-state index contributed by atoms with van der Waals surface area (Å²) in [7, 11) is 0. The molecule has 3 nitrogen and oxygen atoms in total. The van der Waals surface area contributed by atoms with Gasteiger partial charge >= 0.3 is 6.72 Å². The number of rotatable bonds is 2. The second-order valence-corrected chi connectivity index (χ2v) is 10.8. The average Bonchev–Trinajstić information content (AvgIpc) is 2.48. The van der Waals surface area contributed by atoms with E-state index in [9.17, 15) is 0 Å². The summed E-state index contributed by atoms with van der Waals surface area (Å²) in [5.41, 5.74) is 1.60. The number of hydrogen-bond acceptors (Lipinski definition) is 4. The van der Waals surface area contributed by atoms with Crippen molar-refractivity contribution >= 4 is 64.9 Å². The number of alkyl halides is 3. The van der Waals surface area contributed by atoms with Crippen LogP contribution in [0.1, 0.15) is 17.2 Å². The molecule has 0 aliphatic carbocycles. The first-order valence-electron chi connectivity index (χ1n) is 6.77. The van der Waals surface area contributed by atoms with Crippen molar-refractivity contribution in [2.24, 2.45) is 0 Å². The van der Waals surface area contributed by atoms with Crippen molar-refractivity contribution in [1.82, 2.24) is 0 Å². The SMILES string of the molecule is Cc1ccc2c(c1)C(C(Cl)(Cl)Cl)OP(=S)(Oc1ccc(Cl)cc1)O2. The summed E-state index contributed by atoms with van der Waals surface area (Å²) in [6.45, 7) is -1.29. The number of hydrogen-bond donors (Lipinski definition) is 0. The Bertz CT molecular complexity index is 807.